The molecule has 1 aromatic heterocycles. The number of hydrogen-bond donors (Lipinski definition) is 3. The molecule has 0 aromatic carbocycles. The predicted molar refractivity (Wildman–Crippen MR) is 64.2 cm³/mol. The zero-order valence-electron chi connectivity index (χ0n) is 9.54. The highest BCUT2D eigenvalue weighted by Gasteiger charge is 2.19. The van der Waals surface area contributed by atoms with Crippen LogP contribution in [-0.4, -0.2) is 29.4 Å². The third kappa shape index (κ3) is 3.52. The Labute approximate surface area is 99.7 Å². The Hall–Kier alpha value is -1.04. The van der Waals surface area contributed by atoms with Gasteiger partial charge >= 0.3 is 0 Å². The van der Waals surface area contributed by atoms with E-state index in [-0.39, 0.29) is 5.54 Å². The van der Waals surface area contributed by atoms with Crippen LogP contribution < -0.4 is 10.8 Å². The maximum atomic E-state index is 8.93. The van der Waals surface area contributed by atoms with Gasteiger partial charge in [0.1, 0.15) is 10.8 Å². The van der Waals surface area contributed by atoms with Crippen molar-refractivity contribution in [3.63, 3.8) is 0 Å². The first kappa shape index (κ1) is 13.0. The summed E-state index contributed by atoms with van der Waals surface area (Å²) in [5.41, 5.74) is 2.93. The van der Waals surface area contributed by atoms with E-state index in [2.05, 4.69) is 15.8 Å². The lowest BCUT2D eigenvalue weighted by atomic mass is 10.1. The standard InChI is InChI=1S/C10H16ClN3O2/c1-10(2,6-16-3)13-7-4-9(11)12-5-8(7)14-15/h4-5,14-15H,6H2,1-3H3,(H,12,13). The van der Waals surface area contributed by atoms with Crippen LogP contribution >= 0.6 is 11.6 Å². The molecule has 0 saturated carbocycles. The summed E-state index contributed by atoms with van der Waals surface area (Å²) in [6, 6.07) is 1.64. The fourth-order valence-electron chi connectivity index (χ4n) is 1.38. The second-order valence-electron chi connectivity index (χ2n) is 4.11. The van der Waals surface area contributed by atoms with E-state index in [0.717, 1.165) is 0 Å². The number of aromatic nitrogens is 1. The summed E-state index contributed by atoms with van der Waals surface area (Å²) in [6.45, 7) is 4.48. The van der Waals surface area contributed by atoms with Crippen molar-refractivity contribution in [1.82, 2.24) is 4.98 Å². The second kappa shape index (κ2) is 5.34. The molecule has 0 aliphatic heterocycles. The first-order valence-electron chi connectivity index (χ1n) is 4.81. The topological polar surface area (TPSA) is 66.4 Å². The molecule has 1 rings (SSSR count). The number of anilines is 2. The summed E-state index contributed by atoms with van der Waals surface area (Å²) in [5.74, 6) is 0. The van der Waals surface area contributed by atoms with Crippen molar-refractivity contribution in [2.24, 2.45) is 0 Å². The van der Waals surface area contributed by atoms with Gasteiger partial charge in [-0.2, -0.15) is 0 Å². The number of methoxy groups -OCH3 is 1. The smallest absolute Gasteiger partial charge is 0.131 e. The number of ether oxygens (including phenoxy) is 1. The van der Waals surface area contributed by atoms with Gasteiger partial charge in [-0.15, -0.1) is 0 Å². The summed E-state index contributed by atoms with van der Waals surface area (Å²) in [7, 11) is 1.63. The van der Waals surface area contributed by atoms with Crippen LogP contribution in [0.4, 0.5) is 11.4 Å². The lowest BCUT2D eigenvalue weighted by Gasteiger charge is -2.27. The molecule has 16 heavy (non-hydrogen) atoms. The van der Waals surface area contributed by atoms with E-state index in [4.69, 9.17) is 21.5 Å². The minimum absolute atomic E-state index is 0.273. The number of nitrogens with zero attached hydrogens (tertiary/aromatic N) is 1. The van der Waals surface area contributed by atoms with Crippen molar-refractivity contribution in [2.45, 2.75) is 19.4 Å². The fraction of sp³-hybridized carbons (Fsp3) is 0.500. The summed E-state index contributed by atoms with van der Waals surface area (Å²) in [5, 5.41) is 12.5. The van der Waals surface area contributed by atoms with Gasteiger partial charge in [0.15, 0.2) is 0 Å². The predicted octanol–water partition coefficient (Wildman–Crippen LogP) is 2.37. The average Bonchev–Trinajstić information content (AvgIpc) is 2.17. The van der Waals surface area contributed by atoms with E-state index in [9.17, 15) is 0 Å². The van der Waals surface area contributed by atoms with Crippen LogP contribution in [0.25, 0.3) is 0 Å². The molecule has 0 radical (unpaired) electrons. The van der Waals surface area contributed by atoms with Crippen LogP contribution in [0, 0.1) is 0 Å². The van der Waals surface area contributed by atoms with Crippen molar-refractivity contribution in [1.29, 1.82) is 0 Å². The molecule has 5 nitrogen and oxygen atoms in total. The Morgan fingerprint density at radius 2 is 2.19 bits per heavy atom. The van der Waals surface area contributed by atoms with E-state index < -0.39 is 0 Å². The summed E-state index contributed by atoms with van der Waals surface area (Å²) in [6.07, 6.45) is 1.45. The molecule has 0 fully saturated rings. The lowest BCUT2D eigenvalue weighted by molar-refractivity contribution is 0.158. The number of pyridine rings is 1. The third-order valence-electron chi connectivity index (χ3n) is 1.97. The van der Waals surface area contributed by atoms with Crippen LogP contribution in [0.5, 0.6) is 0 Å². The van der Waals surface area contributed by atoms with Gasteiger partial charge in [0.2, 0.25) is 0 Å². The molecule has 1 heterocycles. The summed E-state index contributed by atoms with van der Waals surface area (Å²) < 4.78 is 5.09. The fourth-order valence-corrected chi connectivity index (χ4v) is 1.54. The largest absolute Gasteiger partial charge is 0.382 e. The number of halogens is 1. The number of rotatable bonds is 5. The summed E-state index contributed by atoms with van der Waals surface area (Å²) >= 11 is 5.79. The normalized spacial score (nSPS) is 11.3. The quantitative estimate of drug-likeness (QED) is 0.549. The zero-order chi connectivity index (χ0) is 12.2. The molecule has 0 atom stereocenters. The molecule has 0 bridgehead atoms. The molecule has 0 aliphatic rings. The molecule has 0 amide bonds. The molecule has 3 N–H and O–H groups in total. The minimum atomic E-state index is -0.273. The number of hydrogen-bond acceptors (Lipinski definition) is 5. The number of nitrogens with one attached hydrogen (secondary N) is 2. The molecule has 6 heteroatoms. The van der Waals surface area contributed by atoms with E-state index >= 15 is 0 Å². The van der Waals surface area contributed by atoms with Gasteiger partial charge in [-0.1, -0.05) is 11.6 Å². The van der Waals surface area contributed by atoms with E-state index in [1.807, 2.05) is 13.8 Å². The van der Waals surface area contributed by atoms with Gasteiger partial charge < -0.3 is 10.1 Å². The van der Waals surface area contributed by atoms with Gasteiger partial charge in [0.25, 0.3) is 0 Å². The van der Waals surface area contributed by atoms with Crippen LogP contribution in [0.3, 0.4) is 0 Å². The third-order valence-corrected chi connectivity index (χ3v) is 2.18. The first-order chi connectivity index (χ1) is 7.48. The van der Waals surface area contributed by atoms with E-state index in [0.29, 0.717) is 23.1 Å². The lowest BCUT2D eigenvalue weighted by Crippen LogP contribution is -2.36. The van der Waals surface area contributed by atoms with Gasteiger partial charge in [0, 0.05) is 13.2 Å². The van der Waals surface area contributed by atoms with E-state index in [1.54, 1.807) is 13.2 Å². The van der Waals surface area contributed by atoms with E-state index in [1.165, 1.54) is 6.20 Å². The van der Waals surface area contributed by atoms with Crippen molar-refractivity contribution in [3.8, 4) is 0 Å². The molecule has 0 unspecified atom stereocenters. The highest BCUT2D eigenvalue weighted by molar-refractivity contribution is 6.29. The Morgan fingerprint density at radius 1 is 1.50 bits per heavy atom. The first-order valence-corrected chi connectivity index (χ1v) is 5.19. The van der Waals surface area contributed by atoms with Gasteiger partial charge in [-0.3, -0.25) is 10.7 Å². The van der Waals surface area contributed by atoms with Gasteiger partial charge in [-0.05, 0) is 13.8 Å². The SMILES string of the molecule is COCC(C)(C)Nc1cc(Cl)ncc1NO. The molecule has 0 aliphatic carbocycles. The van der Waals surface area contributed by atoms with Crippen molar-refractivity contribution in [3.05, 3.63) is 17.4 Å². The molecule has 1 aromatic rings. The molecular weight excluding hydrogens is 230 g/mol. The molecule has 0 spiro atoms. The highest BCUT2D eigenvalue weighted by Crippen LogP contribution is 2.26. The van der Waals surface area contributed by atoms with Crippen LogP contribution in [-0.2, 0) is 4.74 Å². The molecule has 90 valence electrons. The van der Waals surface area contributed by atoms with Crippen molar-refractivity contribution < 1.29 is 9.94 Å². The van der Waals surface area contributed by atoms with Crippen LogP contribution in [0.15, 0.2) is 12.3 Å². The zero-order valence-corrected chi connectivity index (χ0v) is 10.3. The van der Waals surface area contributed by atoms with Crippen LogP contribution in [0.1, 0.15) is 13.8 Å². The Balaban J connectivity index is 2.90. The molecular formula is C10H16ClN3O2. The summed E-state index contributed by atoms with van der Waals surface area (Å²) in [4.78, 5) is 3.86. The monoisotopic (exact) mass is 245 g/mol. The van der Waals surface area contributed by atoms with Gasteiger partial charge in [0.05, 0.1) is 24.0 Å². The maximum Gasteiger partial charge on any atom is 0.131 e. The average molecular weight is 246 g/mol. The molecule has 0 saturated heterocycles. The van der Waals surface area contributed by atoms with Crippen molar-refractivity contribution >= 4 is 23.0 Å². The Morgan fingerprint density at radius 3 is 2.75 bits per heavy atom. The van der Waals surface area contributed by atoms with Crippen LogP contribution in [0.2, 0.25) is 5.15 Å². The minimum Gasteiger partial charge on any atom is -0.382 e. The van der Waals surface area contributed by atoms with Crippen molar-refractivity contribution in [2.75, 3.05) is 24.5 Å². The van der Waals surface area contributed by atoms with Gasteiger partial charge in [-0.25, -0.2) is 4.98 Å². The maximum absolute atomic E-state index is 8.93. The second-order valence-corrected chi connectivity index (χ2v) is 4.49. The highest BCUT2D eigenvalue weighted by atomic mass is 35.5. The Kier molecular flexibility index (Phi) is 4.35. The Bertz CT molecular complexity index is 358.